The zero-order valence-electron chi connectivity index (χ0n) is 13.5. The molecule has 0 N–H and O–H groups in total. The number of piperazine rings is 1. The summed E-state index contributed by atoms with van der Waals surface area (Å²) in [7, 11) is 0. The minimum absolute atomic E-state index is 0.144. The van der Waals surface area contributed by atoms with Crippen molar-refractivity contribution in [3.8, 4) is 6.07 Å². The Labute approximate surface area is 144 Å². The summed E-state index contributed by atoms with van der Waals surface area (Å²) < 4.78 is 26.0. The summed E-state index contributed by atoms with van der Waals surface area (Å²) in [5, 5.41) is 9.48. The maximum absolute atomic E-state index is 13.1. The highest BCUT2D eigenvalue weighted by Gasteiger charge is 2.27. The number of rotatable bonds is 3. The van der Waals surface area contributed by atoms with Gasteiger partial charge in [0.15, 0.2) is 0 Å². The summed E-state index contributed by atoms with van der Waals surface area (Å²) in [4.78, 5) is 16.1. The lowest BCUT2D eigenvalue weighted by atomic mass is 10.1. The van der Waals surface area contributed by atoms with E-state index in [0.717, 1.165) is 5.56 Å². The number of carbonyl (C=O) groups excluding carboxylic acids is 1. The SMILES string of the molecule is N#C[C@@H](c1ccc(F)cc1)N1CCN(C(=O)c2ccc(F)cc2)CC1. The van der Waals surface area contributed by atoms with Crippen LogP contribution in [0.3, 0.4) is 0 Å². The molecule has 0 unspecified atom stereocenters. The van der Waals surface area contributed by atoms with E-state index in [4.69, 9.17) is 0 Å². The minimum Gasteiger partial charge on any atom is -0.336 e. The van der Waals surface area contributed by atoms with Gasteiger partial charge in [-0.15, -0.1) is 0 Å². The van der Waals surface area contributed by atoms with Gasteiger partial charge >= 0.3 is 0 Å². The number of amides is 1. The first kappa shape index (κ1) is 17.1. The third kappa shape index (κ3) is 3.83. The van der Waals surface area contributed by atoms with Crippen LogP contribution in [-0.4, -0.2) is 41.9 Å². The van der Waals surface area contributed by atoms with Crippen molar-refractivity contribution >= 4 is 5.91 Å². The lowest BCUT2D eigenvalue weighted by Crippen LogP contribution is -2.49. The number of carbonyl (C=O) groups is 1. The first-order valence-electron chi connectivity index (χ1n) is 8.02. The fourth-order valence-electron chi connectivity index (χ4n) is 2.97. The van der Waals surface area contributed by atoms with Crippen molar-refractivity contribution in [3.63, 3.8) is 0 Å². The third-order valence-electron chi connectivity index (χ3n) is 4.37. The topological polar surface area (TPSA) is 47.3 Å². The summed E-state index contributed by atoms with van der Waals surface area (Å²) in [6, 6.07) is 13.2. The zero-order valence-corrected chi connectivity index (χ0v) is 13.5. The molecule has 6 heteroatoms. The summed E-state index contributed by atoms with van der Waals surface area (Å²) >= 11 is 0. The molecule has 1 saturated heterocycles. The fraction of sp³-hybridized carbons (Fsp3) is 0.263. The largest absolute Gasteiger partial charge is 0.336 e. The highest BCUT2D eigenvalue weighted by atomic mass is 19.1. The summed E-state index contributed by atoms with van der Waals surface area (Å²) in [6.07, 6.45) is 0. The number of nitriles is 1. The number of nitrogens with zero attached hydrogens (tertiary/aromatic N) is 3. The quantitative estimate of drug-likeness (QED) is 0.862. The molecular weight excluding hydrogens is 324 g/mol. The van der Waals surface area contributed by atoms with Gasteiger partial charge in [0.25, 0.3) is 5.91 Å². The summed E-state index contributed by atoms with van der Waals surface area (Å²) in [5.74, 6) is -0.859. The molecule has 3 rings (SSSR count). The molecule has 1 fully saturated rings. The standard InChI is InChI=1S/C19H17F2N3O/c20-16-5-1-14(2-6-16)18(13-22)23-9-11-24(12-10-23)19(25)15-3-7-17(21)8-4-15/h1-8,18H,9-12H2/t18-/m0/s1. The van der Waals surface area contributed by atoms with Gasteiger partial charge in [-0.3, -0.25) is 9.69 Å². The molecule has 0 bridgehead atoms. The van der Waals surface area contributed by atoms with Crippen molar-refractivity contribution in [1.29, 1.82) is 5.26 Å². The van der Waals surface area contributed by atoms with Gasteiger partial charge in [0, 0.05) is 31.7 Å². The molecule has 1 heterocycles. The van der Waals surface area contributed by atoms with E-state index in [1.165, 1.54) is 36.4 Å². The number of hydrogen-bond donors (Lipinski definition) is 0. The van der Waals surface area contributed by atoms with Crippen LogP contribution in [0.15, 0.2) is 48.5 Å². The molecule has 1 aliphatic heterocycles. The molecule has 0 aliphatic carbocycles. The average Bonchev–Trinajstić information content (AvgIpc) is 2.64. The lowest BCUT2D eigenvalue weighted by Gasteiger charge is -2.37. The average molecular weight is 341 g/mol. The van der Waals surface area contributed by atoms with E-state index in [0.29, 0.717) is 31.7 Å². The normalized spacial score (nSPS) is 16.3. The Hall–Kier alpha value is -2.78. The van der Waals surface area contributed by atoms with Gasteiger partial charge in [-0.1, -0.05) is 12.1 Å². The van der Waals surface area contributed by atoms with Crippen molar-refractivity contribution in [2.24, 2.45) is 0 Å². The second-order valence-electron chi connectivity index (χ2n) is 5.92. The minimum atomic E-state index is -0.469. The molecule has 2 aromatic rings. The molecule has 1 amide bonds. The molecule has 2 aromatic carbocycles. The monoisotopic (exact) mass is 341 g/mol. The van der Waals surface area contributed by atoms with E-state index in [-0.39, 0.29) is 17.5 Å². The van der Waals surface area contributed by atoms with Crippen LogP contribution in [0.1, 0.15) is 22.0 Å². The van der Waals surface area contributed by atoms with Crippen LogP contribution in [0.4, 0.5) is 8.78 Å². The van der Waals surface area contributed by atoms with Crippen molar-refractivity contribution in [3.05, 3.63) is 71.3 Å². The Morgan fingerprint density at radius 1 is 0.920 bits per heavy atom. The molecular formula is C19H17F2N3O. The highest BCUT2D eigenvalue weighted by molar-refractivity contribution is 5.94. The van der Waals surface area contributed by atoms with E-state index in [9.17, 15) is 18.8 Å². The van der Waals surface area contributed by atoms with E-state index in [1.807, 2.05) is 4.90 Å². The van der Waals surface area contributed by atoms with Crippen LogP contribution >= 0.6 is 0 Å². The van der Waals surface area contributed by atoms with Crippen LogP contribution in [0, 0.1) is 23.0 Å². The van der Waals surface area contributed by atoms with Gasteiger partial charge in [-0.05, 0) is 42.0 Å². The van der Waals surface area contributed by atoms with Crippen molar-refractivity contribution in [2.75, 3.05) is 26.2 Å². The van der Waals surface area contributed by atoms with Gasteiger partial charge < -0.3 is 4.90 Å². The predicted molar refractivity (Wildman–Crippen MR) is 88.6 cm³/mol. The first-order chi connectivity index (χ1) is 12.1. The Balaban J connectivity index is 1.64. The Bertz CT molecular complexity index is 776. The Morgan fingerprint density at radius 3 is 1.96 bits per heavy atom. The van der Waals surface area contributed by atoms with Gasteiger partial charge in [-0.2, -0.15) is 5.26 Å². The van der Waals surface area contributed by atoms with E-state index >= 15 is 0 Å². The van der Waals surface area contributed by atoms with Crippen LogP contribution in [0.5, 0.6) is 0 Å². The van der Waals surface area contributed by atoms with Crippen LogP contribution in [0.25, 0.3) is 0 Å². The second kappa shape index (κ2) is 7.41. The lowest BCUT2D eigenvalue weighted by molar-refractivity contribution is 0.0606. The van der Waals surface area contributed by atoms with Crippen molar-refractivity contribution in [2.45, 2.75) is 6.04 Å². The molecule has 0 radical (unpaired) electrons. The number of halogens is 2. The maximum Gasteiger partial charge on any atom is 0.253 e. The molecule has 1 aliphatic rings. The van der Waals surface area contributed by atoms with Crippen LogP contribution < -0.4 is 0 Å². The molecule has 4 nitrogen and oxygen atoms in total. The fourth-order valence-corrected chi connectivity index (χ4v) is 2.97. The maximum atomic E-state index is 13.1. The molecule has 0 spiro atoms. The second-order valence-corrected chi connectivity index (χ2v) is 5.92. The van der Waals surface area contributed by atoms with E-state index in [2.05, 4.69) is 6.07 Å². The smallest absolute Gasteiger partial charge is 0.253 e. The van der Waals surface area contributed by atoms with Crippen LogP contribution in [-0.2, 0) is 0 Å². The third-order valence-corrected chi connectivity index (χ3v) is 4.37. The van der Waals surface area contributed by atoms with E-state index in [1.54, 1.807) is 17.0 Å². The summed E-state index contributed by atoms with van der Waals surface area (Å²) in [5.41, 5.74) is 1.19. The van der Waals surface area contributed by atoms with Gasteiger partial charge in [0.2, 0.25) is 0 Å². The zero-order chi connectivity index (χ0) is 17.8. The van der Waals surface area contributed by atoms with Gasteiger partial charge in [0.05, 0.1) is 6.07 Å². The van der Waals surface area contributed by atoms with Crippen molar-refractivity contribution in [1.82, 2.24) is 9.80 Å². The Morgan fingerprint density at radius 2 is 1.44 bits per heavy atom. The molecule has 1 atom stereocenters. The van der Waals surface area contributed by atoms with Crippen LogP contribution in [0.2, 0.25) is 0 Å². The van der Waals surface area contributed by atoms with Gasteiger partial charge in [0.1, 0.15) is 17.7 Å². The Kier molecular flexibility index (Phi) is 5.05. The number of benzene rings is 2. The molecule has 128 valence electrons. The van der Waals surface area contributed by atoms with E-state index < -0.39 is 6.04 Å². The van der Waals surface area contributed by atoms with Gasteiger partial charge in [-0.25, -0.2) is 8.78 Å². The van der Waals surface area contributed by atoms with Crippen molar-refractivity contribution < 1.29 is 13.6 Å². The predicted octanol–water partition coefficient (Wildman–Crippen LogP) is 2.99. The number of hydrogen-bond acceptors (Lipinski definition) is 3. The molecule has 25 heavy (non-hydrogen) atoms. The molecule has 0 aromatic heterocycles. The highest BCUT2D eigenvalue weighted by Crippen LogP contribution is 2.22. The first-order valence-corrected chi connectivity index (χ1v) is 8.02. The molecule has 0 saturated carbocycles. The summed E-state index contributed by atoms with van der Waals surface area (Å²) in [6.45, 7) is 2.05.